The van der Waals surface area contributed by atoms with Gasteiger partial charge in [-0.1, -0.05) is 43.4 Å². The Balaban J connectivity index is 2.51. The van der Waals surface area contributed by atoms with E-state index in [1.807, 2.05) is 53.7 Å². The van der Waals surface area contributed by atoms with Crippen molar-refractivity contribution in [2.75, 3.05) is 20.2 Å². The first kappa shape index (κ1) is 30.0. The van der Waals surface area contributed by atoms with Crippen molar-refractivity contribution >= 4 is 12.1 Å². The van der Waals surface area contributed by atoms with Gasteiger partial charge in [-0.25, -0.2) is 10.6 Å². The molecule has 8 nitrogen and oxygen atoms in total. The zero-order chi connectivity index (χ0) is 27.9. The van der Waals surface area contributed by atoms with E-state index in [0.717, 1.165) is 23.1 Å². The molecule has 2 unspecified atom stereocenters. The number of methoxy groups -OCH3 is 1. The fourth-order valence-electron chi connectivity index (χ4n) is 4.63. The SMILES string of the molecule is C=C(N)/C(=C\C=C(/C)C(c1ccc2c(c1)CN(C(=O)OC(C)(C)C)CC2)C(CC)C(=O)OC)N(N)CC. The van der Waals surface area contributed by atoms with Crippen LogP contribution in [0, 0.1) is 5.92 Å². The average molecular weight is 513 g/mol. The number of fused-ring (bicyclic) bond motifs is 1. The van der Waals surface area contributed by atoms with Gasteiger partial charge in [-0.3, -0.25) is 4.79 Å². The molecule has 0 spiro atoms. The van der Waals surface area contributed by atoms with Crippen LogP contribution in [0.4, 0.5) is 4.79 Å². The van der Waals surface area contributed by atoms with Gasteiger partial charge in [0.05, 0.1) is 18.7 Å². The molecule has 0 saturated heterocycles. The molecule has 204 valence electrons. The van der Waals surface area contributed by atoms with E-state index in [2.05, 4.69) is 24.8 Å². The molecule has 1 amide bonds. The summed E-state index contributed by atoms with van der Waals surface area (Å²) in [6.45, 7) is 16.9. The molecule has 0 bridgehead atoms. The Morgan fingerprint density at radius 2 is 1.89 bits per heavy atom. The molecule has 0 fully saturated rings. The van der Waals surface area contributed by atoms with Gasteiger partial charge in [-0.15, -0.1) is 0 Å². The van der Waals surface area contributed by atoms with Crippen LogP contribution in [0.25, 0.3) is 0 Å². The van der Waals surface area contributed by atoms with Gasteiger partial charge >= 0.3 is 12.1 Å². The van der Waals surface area contributed by atoms with Crippen molar-refractivity contribution in [2.24, 2.45) is 17.5 Å². The summed E-state index contributed by atoms with van der Waals surface area (Å²) >= 11 is 0. The van der Waals surface area contributed by atoms with E-state index in [4.69, 9.17) is 21.1 Å². The van der Waals surface area contributed by atoms with E-state index >= 15 is 0 Å². The third-order valence-corrected chi connectivity index (χ3v) is 6.57. The van der Waals surface area contributed by atoms with Crippen molar-refractivity contribution in [2.45, 2.75) is 72.4 Å². The van der Waals surface area contributed by atoms with Gasteiger partial charge in [0, 0.05) is 31.2 Å². The van der Waals surface area contributed by atoms with Gasteiger partial charge in [0.2, 0.25) is 0 Å². The van der Waals surface area contributed by atoms with Crippen LogP contribution in [0.15, 0.2) is 53.9 Å². The summed E-state index contributed by atoms with van der Waals surface area (Å²) in [5.41, 5.74) is 10.6. The number of ether oxygens (including phenoxy) is 2. The number of hydrogen-bond acceptors (Lipinski definition) is 7. The summed E-state index contributed by atoms with van der Waals surface area (Å²) < 4.78 is 10.8. The highest BCUT2D eigenvalue weighted by atomic mass is 16.6. The van der Waals surface area contributed by atoms with Crippen molar-refractivity contribution in [3.05, 3.63) is 70.6 Å². The van der Waals surface area contributed by atoms with Gasteiger partial charge in [-0.2, -0.15) is 0 Å². The predicted octanol–water partition coefficient (Wildman–Crippen LogP) is 4.76. The number of hydrogen-bond donors (Lipinski definition) is 2. The monoisotopic (exact) mass is 512 g/mol. The van der Waals surface area contributed by atoms with Gasteiger partial charge in [0.25, 0.3) is 0 Å². The topological polar surface area (TPSA) is 111 Å². The molecule has 2 rings (SSSR count). The summed E-state index contributed by atoms with van der Waals surface area (Å²) in [7, 11) is 1.41. The summed E-state index contributed by atoms with van der Waals surface area (Å²) in [5, 5.41) is 1.53. The lowest BCUT2D eigenvalue weighted by molar-refractivity contribution is -0.146. The maximum Gasteiger partial charge on any atom is 0.410 e. The molecular weight excluding hydrogens is 468 g/mol. The Kier molecular flexibility index (Phi) is 10.4. The number of allylic oxidation sites excluding steroid dienone is 3. The largest absolute Gasteiger partial charge is 0.469 e. The number of carbonyl (C=O) groups is 2. The highest BCUT2D eigenvalue weighted by Crippen LogP contribution is 2.37. The molecule has 1 aromatic carbocycles. The first-order valence-electron chi connectivity index (χ1n) is 12.9. The van der Waals surface area contributed by atoms with Crippen LogP contribution in [-0.4, -0.2) is 47.8 Å². The number of likely N-dealkylation sites (N-methyl/N-ethyl adjacent to an activating group) is 1. The first-order valence-corrected chi connectivity index (χ1v) is 12.9. The Morgan fingerprint density at radius 3 is 2.43 bits per heavy atom. The summed E-state index contributed by atoms with van der Waals surface area (Å²) in [6.07, 6.45) is 4.80. The van der Waals surface area contributed by atoms with Crippen LogP contribution >= 0.6 is 0 Å². The number of carbonyl (C=O) groups excluding carboxylic acids is 2. The number of nitrogens with zero attached hydrogens (tertiary/aromatic N) is 2. The minimum Gasteiger partial charge on any atom is -0.469 e. The minimum absolute atomic E-state index is 0.240. The molecule has 8 heteroatoms. The van der Waals surface area contributed by atoms with Crippen LogP contribution < -0.4 is 11.6 Å². The molecule has 0 saturated carbocycles. The van der Waals surface area contributed by atoms with E-state index in [0.29, 0.717) is 37.4 Å². The highest BCUT2D eigenvalue weighted by molar-refractivity contribution is 5.74. The van der Waals surface area contributed by atoms with E-state index in [9.17, 15) is 9.59 Å². The molecule has 1 aliphatic heterocycles. The lowest BCUT2D eigenvalue weighted by Crippen LogP contribution is -2.40. The smallest absolute Gasteiger partial charge is 0.410 e. The van der Waals surface area contributed by atoms with Crippen molar-refractivity contribution in [1.82, 2.24) is 9.91 Å². The number of rotatable bonds is 9. The molecular formula is C29H44N4O4. The highest BCUT2D eigenvalue weighted by Gasteiger charge is 2.32. The van der Waals surface area contributed by atoms with E-state index in [1.165, 1.54) is 17.7 Å². The Hall–Kier alpha value is -3.26. The van der Waals surface area contributed by atoms with Gasteiger partial charge in [-0.05, 0) is 70.2 Å². The number of amides is 1. The second-order valence-electron chi connectivity index (χ2n) is 10.5. The molecule has 1 heterocycles. The Labute approximate surface area is 221 Å². The molecule has 4 N–H and O–H groups in total. The zero-order valence-corrected chi connectivity index (χ0v) is 23.5. The van der Waals surface area contributed by atoms with Crippen molar-refractivity contribution in [1.29, 1.82) is 0 Å². The predicted molar refractivity (Wildman–Crippen MR) is 147 cm³/mol. The lowest BCUT2D eigenvalue weighted by Gasteiger charge is -2.32. The Bertz CT molecular complexity index is 1050. The standard InChI is InChI=1S/C29H44N4O4/c1-9-24(27(34)36-8)26(19(3)11-14-25(20(4)30)33(31)10-2)22-13-12-21-15-16-32(18-23(21)17-22)28(35)37-29(5,6)7/h11-14,17,24,26H,4,9-10,15-16,18,30-31H2,1-3,5-8H3/b19-11+,25-14+. The second kappa shape index (κ2) is 12.8. The lowest BCUT2D eigenvalue weighted by atomic mass is 9.78. The van der Waals surface area contributed by atoms with E-state index in [-0.39, 0.29) is 23.9 Å². The van der Waals surface area contributed by atoms with Crippen molar-refractivity contribution in [3.8, 4) is 0 Å². The molecule has 2 atom stereocenters. The van der Waals surface area contributed by atoms with E-state index in [1.54, 1.807) is 4.90 Å². The molecule has 0 aliphatic carbocycles. The number of benzene rings is 1. The molecule has 1 aromatic rings. The fourth-order valence-corrected chi connectivity index (χ4v) is 4.63. The Morgan fingerprint density at radius 1 is 1.22 bits per heavy atom. The molecule has 1 aliphatic rings. The maximum absolute atomic E-state index is 12.8. The third-order valence-electron chi connectivity index (χ3n) is 6.57. The van der Waals surface area contributed by atoms with Crippen molar-refractivity contribution < 1.29 is 19.1 Å². The fraction of sp³-hybridized carbons (Fsp3) is 0.517. The molecule has 37 heavy (non-hydrogen) atoms. The number of nitrogens with two attached hydrogens (primary N) is 2. The van der Waals surface area contributed by atoms with Gasteiger partial charge in [0.1, 0.15) is 5.60 Å². The quantitative estimate of drug-likeness (QED) is 0.212. The van der Waals surface area contributed by atoms with Crippen LogP contribution in [0.1, 0.15) is 70.6 Å². The maximum atomic E-state index is 12.8. The normalized spacial score (nSPS) is 15.9. The number of hydrazine groups is 1. The van der Waals surface area contributed by atoms with Gasteiger partial charge in [0.15, 0.2) is 0 Å². The van der Waals surface area contributed by atoms with Crippen LogP contribution in [0.5, 0.6) is 0 Å². The first-order chi connectivity index (χ1) is 17.3. The third kappa shape index (κ3) is 7.86. The van der Waals surface area contributed by atoms with Crippen LogP contribution in [-0.2, 0) is 27.2 Å². The second-order valence-corrected chi connectivity index (χ2v) is 10.5. The number of esters is 1. The minimum atomic E-state index is -0.556. The van der Waals surface area contributed by atoms with Crippen LogP contribution in [0.2, 0.25) is 0 Å². The molecule has 0 aromatic heterocycles. The average Bonchev–Trinajstić information content (AvgIpc) is 2.84. The van der Waals surface area contributed by atoms with Gasteiger partial charge < -0.3 is 25.1 Å². The summed E-state index contributed by atoms with van der Waals surface area (Å²) in [4.78, 5) is 27.3. The van der Waals surface area contributed by atoms with Crippen molar-refractivity contribution in [3.63, 3.8) is 0 Å². The molecule has 0 radical (unpaired) electrons. The zero-order valence-electron chi connectivity index (χ0n) is 23.5. The summed E-state index contributed by atoms with van der Waals surface area (Å²) in [6, 6.07) is 6.28. The van der Waals surface area contributed by atoms with Crippen LogP contribution in [0.3, 0.4) is 0 Å². The van der Waals surface area contributed by atoms with E-state index < -0.39 is 5.60 Å². The summed E-state index contributed by atoms with van der Waals surface area (Å²) in [5.74, 6) is 5.18.